The molecule has 0 unspecified atom stereocenters. The topological polar surface area (TPSA) is 61.8 Å². The van der Waals surface area contributed by atoms with Crippen LogP contribution >= 0.6 is 0 Å². The maximum Gasteiger partial charge on any atom is 0.337 e. The van der Waals surface area contributed by atoms with Crippen molar-refractivity contribution < 1.29 is 8.78 Å². The van der Waals surface area contributed by atoms with Crippen LogP contribution in [0.25, 0.3) is 16.9 Å². The van der Waals surface area contributed by atoms with E-state index in [0.29, 0.717) is 5.56 Å². The third-order valence-electron chi connectivity index (χ3n) is 5.13. The van der Waals surface area contributed by atoms with Gasteiger partial charge >= 0.3 is 5.69 Å². The maximum absolute atomic E-state index is 14.1. The second kappa shape index (κ2) is 6.51. The lowest BCUT2D eigenvalue weighted by molar-refractivity contribution is 0.599. The Balaban J connectivity index is 1.80. The quantitative estimate of drug-likeness (QED) is 0.535. The molecule has 0 aliphatic heterocycles. The minimum absolute atomic E-state index is 0.0877. The number of hydrogen-bond donors (Lipinski definition) is 0. The van der Waals surface area contributed by atoms with Gasteiger partial charge in [0, 0.05) is 11.6 Å². The zero-order valence-electron chi connectivity index (χ0n) is 15.3. The Hall–Kier alpha value is -3.55. The second-order valence-corrected chi connectivity index (χ2v) is 7.14. The number of fused-ring (bicyclic) bond motifs is 1. The van der Waals surface area contributed by atoms with Crippen LogP contribution in [0.3, 0.4) is 0 Å². The number of benzene rings is 2. The molecule has 0 amide bonds. The Labute approximate surface area is 163 Å². The molecule has 0 spiro atoms. The van der Waals surface area contributed by atoms with Gasteiger partial charge in [0.2, 0.25) is 0 Å². The summed E-state index contributed by atoms with van der Waals surface area (Å²) in [6, 6.07) is 11.7. The smallest absolute Gasteiger partial charge is 0.320 e. The van der Waals surface area contributed by atoms with Crippen LogP contribution in [0.1, 0.15) is 24.4 Å². The van der Waals surface area contributed by atoms with E-state index < -0.39 is 22.9 Å². The predicted octanol–water partition coefficient (Wildman–Crippen LogP) is 3.01. The summed E-state index contributed by atoms with van der Waals surface area (Å²) in [5.41, 5.74) is -0.0261. The van der Waals surface area contributed by atoms with Crippen LogP contribution < -0.4 is 11.2 Å². The summed E-state index contributed by atoms with van der Waals surface area (Å²) in [6.45, 7) is 0.0877. The number of nitrogens with zero attached hydrogens (tertiary/aromatic N) is 4. The molecule has 0 N–H and O–H groups in total. The largest absolute Gasteiger partial charge is 0.337 e. The molecule has 2 heterocycles. The predicted molar refractivity (Wildman–Crippen MR) is 103 cm³/mol. The van der Waals surface area contributed by atoms with E-state index in [-0.39, 0.29) is 29.4 Å². The van der Waals surface area contributed by atoms with Gasteiger partial charge in [0.25, 0.3) is 5.56 Å². The standard InChI is InChI=1S/C21H16F2N4O2/c22-14-5-3-6-16(10-14)26-19-18(20(28)27(21(26)29)15-8-9-15)25(12-24-19)11-13-4-1-2-7-17(13)23/h1-7,10,12,15H,8-9,11H2. The molecule has 4 aromatic rings. The Morgan fingerprint density at radius 2 is 1.83 bits per heavy atom. The molecule has 0 radical (unpaired) electrons. The van der Waals surface area contributed by atoms with E-state index in [1.807, 2.05) is 0 Å². The number of rotatable bonds is 4. The van der Waals surface area contributed by atoms with E-state index >= 15 is 0 Å². The first kappa shape index (κ1) is 17.5. The molecular weight excluding hydrogens is 378 g/mol. The first-order chi connectivity index (χ1) is 14.0. The van der Waals surface area contributed by atoms with E-state index in [1.165, 1.54) is 44.3 Å². The molecule has 6 nitrogen and oxygen atoms in total. The van der Waals surface area contributed by atoms with Crippen LogP contribution in [0.4, 0.5) is 8.78 Å². The summed E-state index contributed by atoms with van der Waals surface area (Å²) < 4.78 is 31.9. The second-order valence-electron chi connectivity index (χ2n) is 7.14. The maximum atomic E-state index is 14.1. The summed E-state index contributed by atoms with van der Waals surface area (Å²) in [5, 5.41) is 0. The van der Waals surface area contributed by atoms with Crippen LogP contribution in [0.15, 0.2) is 64.4 Å². The number of hydrogen-bond acceptors (Lipinski definition) is 3. The van der Waals surface area contributed by atoms with Gasteiger partial charge in [0.05, 0.1) is 18.6 Å². The van der Waals surface area contributed by atoms with Crippen molar-refractivity contribution in [1.82, 2.24) is 18.7 Å². The van der Waals surface area contributed by atoms with Crippen LogP contribution in [-0.4, -0.2) is 18.7 Å². The fraction of sp³-hybridized carbons (Fsp3) is 0.190. The normalized spacial score (nSPS) is 13.9. The number of imidazole rings is 1. The molecule has 0 bridgehead atoms. The minimum atomic E-state index is -0.549. The van der Waals surface area contributed by atoms with Crippen molar-refractivity contribution in [2.24, 2.45) is 0 Å². The summed E-state index contributed by atoms with van der Waals surface area (Å²) in [6.07, 6.45) is 2.86. The van der Waals surface area contributed by atoms with Gasteiger partial charge in [-0.2, -0.15) is 0 Å². The molecule has 2 aromatic carbocycles. The first-order valence-corrected chi connectivity index (χ1v) is 9.26. The van der Waals surface area contributed by atoms with Crippen molar-refractivity contribution in [2.75, 3.05) is 0 Å². The van der Waals surface area contributed by atoms with Crippen LogP contribution in [-0.2, 0) is 6.54 Å². The zero-order chi connectivity index (χ0) is 20.1. The van der Waals surface area contributed by atoms with Crippen molar-refractivity contribution in [3.63, 3.8) is 0 Å². The molecule has 0 atom stereocenters. The van der Waals surface area contributed by atoms with Gasteiger partial charge in [0.1, 0.15) is 11.6 Å². The van der Waals surface area contributed by atoms with Crippen molar-refractivity contribution >= 4 is 11.2 Å². The average molecular weight is 394 g/mol. The molecule has 1 fully saturated rings. The van der Waals surface area contributed by atoms with Crippen LogP contribution in [0, 0.1) is 11.6 Å². The Kier molecular flexibility index (Phi) is 3.94. The molecule has 5 rings (SSSR count). The van der Waals surface area contributed by atoms with Crippen molar-refractivity contribution in [3.8, 4) is 5.69 Å². The van der Waals surface area contributed by atoms with Crippen molar-refractivity contribution in [2.45, 2.75) is 25.4 Å². The Bertz CT molecular complexity index is 1370. The highest BCUT2D eigenvalue weighted by Gasteiger charge is 2.30. The Morgan fingerprint density at radius 3 is 2.55 bits per heavy atom. The van der Waals surface area contributed by atoms with Gasteiger partial charge in [-0.05, 0) is 37.1 Å². The monoisotopic (exact) mass is 394 g/mol. The van der Waals surface area contributed by atoms with E-state index in [4.69, 9.17) is 0 Å². The fourth-order valence-corrected chi connectivity index (χ4v) is 3.59. The zero-order valence-corrected chi connectivity index (χ0v) is 15.3. The van der Waals surface area contributed by atoms with E-state index in [1.54, 1.807) is 24.3 Å². The van der Waals surface area contributed by atoms with Gasteiger partial charge in [0.15, 0.2) is 11.2 Å². The van der Waals surface area contributed by atoms with E-state index in [2.05, 4.69) is 4.98 Å². The highest BCUT2D eigenvalue weighted by atomic mass is 19.1. The Morgan fingerprint density at radius 1 is 1.03 bits per heavy atom. The molecule has 0 saturated heterocycles. The minimum Gasteiger partial charge on any atom is -0.320 e. The van der Waals surface area contributed by atoms with Crippen LogP contribution in [0.5, 0.6) is 0 Å². The van der Waals surface area contributed by atoms with E-state index in [9.17, 15) is 18.4 Å². The number of halogens is 2. The van der Waals surface area contributed by atoms with E-state index in [0.717, 1.165) is 12.8 Å². The lowest BCUT2D eigenvalue weighted by atomic mass is 10.2. The molecule has 1 aliphatic carbocycles. The summed E-state index contributed by atoms with van der Waals surface area (Å²) in [5.74, 6) is -0.896. The number of aromatic nitrogens is 4. The molecule has 1 saturated carbocycles. The average Bonchev–Trinajstić information content (AvgIpc) is 3.44. The molecule has 8 heteroatoms. The van der Waals surface area contributed by atoms with Crippen molar-refractivity contribution in [3.05, 3.63) is 92.9 Å². The summed E-state index contributed by atoms with van der Waals surface area (Å²) in [4.78, 5) is 30.5. The SMILES string of the molecule is O=c1c2c(ncn2Cc2ccccc2F)n(-c2cccc(F)c2)c(=O)n1C1CC1. The van der Waals surface area contributed by atoms with Gasteiger partial charge in [-0.1, -0.05) is 24.3 Å². The highest BCUT2D eigenvalue weighted by Crippen LogP contribution is 2.32. The molecule has 29 heavy (non-hydrogen) atoms. The summed E-state index contributed by atoms with van der Waals surface area (Å²) in [7, 11) is 0. The van der Waals surface area contributed by atoms with Gasteiger partial charge in [-0.3, -0.25) is 9.36 Å². The molecular formula is C21H16F2N4O2. The van der Waals surface area contributed by atoms with Crippen LogP contribution in [0.2, 0.25) is 0 Å². The molecule has 1 aliphatic rings. The van der Waals surface area contributed by atoms with Gasteiger partial charge < -0.3 is 4.57 Å². The lowest BCUT2D eigenvalue weighted by Gasteiger charge is -2.12. The third kappa shape index (κ3) is 2.88. The molecule has 2 aromatic heterocycles. The van der Waals surface area contributed by atoms with Crippen molar-refractivity contribution in [1.29, 1.82) is 0 Å². The fourth-order valence-electron chi connectivity index (χ4n) is 3.59. The third-order valence-corrected chi connectivity index (χ3v) is 5.13. The van der Waals surface area contributed by atoms with Gasteiger partial charge in [-0.25, -0.2) is 23.1 Å². The molecule has 146 valence electrons. The first-order valence-electron chi connectivity index (χ1n) is 9.26. The summed E-state index contributed by atoms with van der Waals surface area (Å²) >= 11 is 0. The van der Waals surface area contributed by atoms with Gasteiger partial charge in [-0.15, -0.1) is 0 Å². The lowest BCUT2D eigenvalue weighted by Crippen LogP contribution is -2.39. The highest BCUT2D eigenvalue weighted by molar-refractivity contribution is 5.72.